The molecule has 0 rings (SSSR count). The highest BCUT2D eigenvalue weighted by Gasteiger charge is 2.19. The third-order valence-electron chi connectivity index (χ3n) is 13.7. The highest BCUT2D eigenvalue weighted by Crippen LogP contribution is 2.14. The largest absolute Gasteiger partial charge is 0.462 e. The summed E-state index contributed by atoms with van der Waals surface area (Å²) in [7, 11) is 0. The number of carbonyl (C=O) groups excluding carboxylic acids is 3. The minimum Gasteiger partial charge on any atom is -0.462 e. The molecule has 0 radical (unpaired) electrons. The topological polar surface area (TPSA) is 78.9 Å². The Bertz CT molecular complexity index is 1890. The van der Waals surface area contributed by atoms with Crippen molar-refractivity contribution in [2.24, 2.45) is 0 Å². The number of esters is 3. The van der Waals surface area contributed by atoms with Gasteiger partial charge in [-0.05, 0) is 161 Å². The summed E-state index contributed by atoms with van der Waals surface area (Å²) in [6.07, 6.45) is 102. The number of allylic oxidation sites excluding steroid dienone is 28. The Morgan fingerprint density at radius 3 is 0.747 bits per heavy atom. The second kappa shape index (κ2) is 69.3. The van der Waals surface area contributed by atoms with Gasteiger partial charge in [-0.25, -0.2) is 0 Å². The van der Waals surface area contributed by atoms with Crippen LogP contribution in [0.15, 0.2) is 170 Å². The van der Waals surface area contributed by atoms with Gasteiger partial charge >= 0.3 is 17.9 Å². The lowest BCUT2D eigenvalue weighted by Gasteiger charge is -2.18. The number of carbonyl (C=O) groups is 3. The molecule has 0 aromatic heterocycles. The molecule has 0 aromatic carbocycles. The molecule has 1 unspecified atom stereocenters. The zero-order valence-corrected chi connectivity index (χ0v) is 53.4. The molecule has 0 heterocycles. The summed E-state index contributed by atoms with van der Waals surface area (Å²) < 4.78 is 16.9. The minimum atomic E-state index is -0.816. The average Bonchev–Trinajstić information content (AvgIpc) is 3.49. The molecule has 0 spiro atoms. The van der Waals surface area contributed by atoms with E-state index in [0.29, 0.717) is 19.3 Å². The average molecular weight is 1140 g/mol. The normalized spacial score (nSPS) is 13.2. The summed E-state index contributed by atoms with van der Waals surface area (Å²) in [5.41, 5.74) is 0. The summed E-state index contributed by atoms with van der Waals surface area (Å²) in [5, 5.41) is 0. The molecule has 0 saturated carbocycles. The van der Waals surface area contributed by atoms with E-state index in [9.17, 15) is 14.4 Å². The van der Waals surface area contributed by atoms with Crippen LogP contribution in [-0.2, 0) is 28.6 Å². The van der Waals surface area contributed by atoms with E-state index < -0.39 is 6.10 Å². The molecule has 0 bridgehead atoms. The third kappa shape index (κ3) is 67.4. The predicted molar refractivity (Wildman–Crippen MR) is 361 cm³/mol. The van der Waals surface area contributed by atoms with Crippen molar-refractivity contribution < 1.29 is 28.6 Å². The van der Waals surface area contributed by atoms with E-state index in [0.717, 1.165) is 173 Å². The Morgan fingerprint density at radius 1 is 0.253 bits per heavy atom. The summed E-state index contributed by atoms with van der Waals surface area (Å²) in [5.74, 6) is -0.970. The van der Waals surface area contributed by atoms with Crippen molar-refractivity contribution in [3.05, 3.63) is 170 Å². The SMILES string of the molecule is CC/C=C\C/C=C\C/C=C\C/C=C\C/C=C\C/C=C\C/C=C\C/C=C\C/C=C\CCCCCC(=O)OCC(COC(=O)CCCCCCC/C=C\C/C=C\CCCCC)OC(=O)CCCCCCCC/C=C\C/C=C\C/C=C\CCCCC. The van der Waals surface area contributed by atoms with E-state index in [1.807, 2.05) is 0 Å². The van der Waals surface area contributed by atoms with Gasteiger partial charge in [-0.2, -0.15) is 0 Å². The molecular weight excluding hydrogens is 1020 g/mol. The molecule has 6 heteroatoms. The van der Waals surface area contributed by atoms with Crippen LogP contribution >= 0.6 is 0 Å². The number of hydrogen-bond donors (Lipinski definition) is 0. The van der Waals surface area contributed by atoms with Crippen molar-refractivity contribution >= 4 is 17.9 Å². The second-order valence-corrected chi connectivity index (χ2v) is 21.6. The van der Waals surface area contributed by atoms with Gasteiger partial charge in [-0.3, -0.25) is 14.4 Å². The molecule has 0 aliphatic rings. The predicted octanol–water partition coefficient (Wildman–Crippen LogP) is 23.4. The van der Waals surface area contributed by atoms with E-state index in [1.165, 1.54) is 64.2 Å². The zero-order valence-electron chi connectivity index (χ0n) is 53.4. The van der Waals surface area contributed by atoms with Crippen molar-refractivity contribution in [1.29, 1.82) is 0 Å². The smallest absolute Gasteiger partial charge is 0.306 e. The molecule has 83 heavy (non-hydrogen) atoms. The van der Waals surface area contributed by atoms with E-state index >= 15 is 0 Å². The second-order valence-electron chi connectivity index (χ2n) is 21.6. The summed E-state index contributed by atoms with van der Waals surface area (Å²) in [4.78, 5) is 38.4. The first kappa shape index (κ1) is 77.8. The maximum absolute atomic E-state index is 12.9. The highest BCUT2D eigenvalue weighted by molar-refractivity contribution is 5.71. The Morgan fingerprint density at radius 2 is 0.470 bits per heavy atom. The van der Waals surface area contributed by atoms with E-state index in [1.54, 1.807) is 0 Å². The molecule has 0 aliphatic heterocycles. The van der Waals surface area contributed by atoms with Crippen molar-refractivity contribution in [1.82, 2.24) is 0 Å². The third-order valence-corrected chi connectivity index (χ3v) is 13.7. The Kier molecular flexibility index (Phi) is 64.9. The van der Waals surface area contributed by atoms with Crippen LogP contribution in [0, 0.1) is 0 Å². The number of rotatable bonds is 59. The first-order valence-electron chi connectivity index (χ1n) is 33.6. The van der Waals surface area contributed by atoms with Gasteiger partial charge in [0.15, 0.2) is 6.10 Å². The first-order valence-corrected chi connectivity index (χ1v) is 33.6. The summed E-state index contributed by atoms with van der Waals surface area (Å²) in [6, 6.07) is 0. The molecule has 466 valence electrons. The van der Waals surface area contributed by atoms with Gasteiger partial charge in [0.05, 0.1) is 0 Å². The van der Waals surface area contributed by atoms with Gasteiger partial charge in [-0.1, -0.05) is 268 Å². The van der Waals surface area contributed by atoms with Crippen molar-refractivity contribution in [3.63, 3.8) is 0 Å². The Labute approximate surface area is 511 Å². The quantitative estimate of drug-likeness (QED) is 0.0261. The van der Waals surface area contributed by atoms with Crippen molar-refractivity contribution in [2.75, 3.05) is 13.2 Å². The molecule has 1 atom stereocenters. The van der Waals surface area contributed by atoms with Crippen LogP contribution in [0.5, 0.6) is 0 Å². The van der Waals surface area contributed by atoms with Crippen molar-refractivity contribution in [2.45, 2.75) is 284 Å². The van der Waals surface area contributed by atoms with Crippen LogP contribution in [0.25, 0.3) is 0 Å². The molecular formula is C77H122O6. The molecule has 0 fully saturated rings. The van der Waals surface area contributed by atoms with Crippen LogP contribution in [0.1, 0.15) is 278 Å². The Balaban J connectivity index is 4.47. The first-order chi connectivity index (χ1) is 41.0. The van der Waals surface area contributed by atoms with Crippen LogP contribution in [-0.4, -0.2) is 37.2 Å². The summed E-state index contributed by atoms with van der Waals surface area (Å²) in [6.45, 7) is 6.42. The molecule has 0 aromatic rings. The fraction of sp³-hybridized carbons (Fsp3) is 0.597. The molecule has 0 aliphatic carbocycles. The lowest BCUT2D eigenvalue weighted by atomic mass is 10.1. The fourth-order valence-electron chi connectivity index (χ4n) is 8.65. The number of unbranched alkanes of at least 4 members (excludes halogenated alkanes) is 20. The number of ether oxygens (including phenoxy) is 3. The molecule has 6 nitrogen and oxygen atoms in total. The lowest BCUT2D eigenvalue weighted by molar-refractivity contribution is -0.167. The van der Waals surface area contributed by atoms with Crippen LogP contribution in [0.2, 0.25) is 0 Å². The molecule has 0 N–H and O–H groups in total. The van der Waals surface area contributed by atoms with Crippen LogP contribution < -0.4 is 0 Å². The van der Waals surface area contributed by atoms with Crippen molar-refractivity contribution in [3.8, 4) is 0 Å². The van der Waals surface area contributed by atoms with Gasteiger partial charge in [0.25, 0.3) is 0 Å². The van der Waals surface area contributed by atoms with Gasteiger partial charge in [0.2, 0.25) is 0 Å². The highest BCUT2D eigenvalue weighted by atomic mass is 16.6. The van der Waals surface area contributed by atoms with Gasteiger partial charge in [0, 0.05) is 19.3 Å². The van der Waals surface area contributed by atoms with E-state index in [2.05, 4.69) is 191 Å². The van der Waals surface area contributed by atoms with Gasteiger partial charge < -0.3 is 14.2 Å². The lowest BCUT2D eigenvalue weighted by Crippen LogP contribution is -2.30. The summed E-state index contributed by atoms with van der Waals surface area (Å²) >= 11 is 0. The standard InChI is InChI=1S/C77H122O6/c1-4-7-10-13-16-19-22-25-28-30-32-33-34-35-36-37-38-39-40-41-42-43-45-46-49-52-55-58-61-64-67-70-76(79)82-73-74(72-81-75(78)69-66-63-60-57-54-51-48-27-24-21-18-15-12-9-6-3)83-77(80)71-68-65-62-59-56-53-50-47-44-31-29-26-23-20-17-14-11-8-5-2/h7,10,16-21,25-29,32-33,35-36,38-39,41-42,44-48,52,55,74H,4-6,8-9,11-15,22-24,30-31,34,37,40,43,49-51,53-54,56-73H2,1-3H3/b10-7-,19-16-,20-17-,21-18-,28-25-,29-26-,33-32-,36-35-,39-38-,42-41-,46-45-,47-44-,48-27-,55-52-. The van der Waals surface area contributed by atoms with E-state index in [-0.39, 0.29) is 31.1 Å². The Hall–Kier alpha value is -5.23. The molecule has 0 saturated heterocycles. The minimum absolute atomic E-state index is 0.108. The molecule has 0 amide bonds. The maximum Gasteiger partial charge on any atom is 0.306 e. The van der Waals surface area contributed by atoms with E-state index in [4.69, 9.17) is 14.2 Å². The maximum atomic E-state index is 12.9. The van der Waals surface area contributed by atoms with Gasteiger partial charge in [-0.15, -0.1) is 0 Å². The van der Waals surface area contributed by atoms with Crippen LogP contribution in [0.3, 0.4) is 0 Å². The monoisotopic (exact) mass is 1140 g/mol. The van der Waals surface area contributed by atoms with Gasteiger partial charge in [0.1, 0.15) is 13.2 Å². The van der Waals surface area contributed by atoms with Crippen LogP contribution in [0.4, 0.5) is 0 Å². The fourth-order valence-corrected chi connectivity index (χ4v) is 8.65. The zero-order chi connectivity index (χ0) is 59.9. The number of hydrogen-bond acceptors (Lipinski definition) is 6.